The van der Waals surface area contributed by atoms with Gasteiger partial charge in [0.05, 0.1) is 4.90 Å². The molecular formula is C15H24N2O2S2. The molecule has 1 saturated heterocycles. The molecule has 1 aromatic carbocycles. The average molecular weight is 329 g/mol. The summed E-state index contributed by atoms with van der Waals surface area (Å²) in [5, 5.41) is 3.52. The number of nitrogens with one attached hydrogen (secondary N) is 1. The van der Waals surface area contributed by atoms with E-state index in [2.05, 4.69) is 5.32 Å². The van der Waals surface area contributed by atoms with Crippen LogP contribution in [-0.4, -0.2) is 43.4 Å². The van der Waals surface area contributed by atoms with Crippen molar-refractivity contribution in [3.63, 3.8) is 0 Å². The SMILES string of the molecule is CC(C)N(C)S(=O)(=O)c1ccc(CN[C@@H]2CCSC2)cc1. The Morgan fingerprint density at radius 3 is 2.52 bits per heavy atom. The van der Waals surface area contributed by atoms with Crippen molar-refractivity contribution in [2.75, 3.05) is 18.6 Å². The van der Waals surface area contributed by atoms with E-state index in [9.17, 15) is 8.42 Å². The Labute approximate surface area is 132 Å². The van der Waals surface area contributed by atoms with E-state index in [4.69, 9.17) is 0 Å². The normalized spacial score (nSPS) is 19.6. The maximum atomic E-state index is 12.4. The molecular weight excluding hydrogens is 304 g/mol. The van der Waals surface area contributed by atoms with Crippen molar-refractivity contribution in [2.45, 2.75) is 43.8 Å². The largest absolute Gasteiger partial charge is 0.309 e. The standard InChI is InChI=1S/C15H24N2O2S2/c1-12(2)17(3)21(18,19)15-6-4-13(5-7-15)10-16-14-8-9-20-11-14/h4-7,12,14,16H,8-11H2,1-3H3/t14-/m1/s1. The van der Waals surface area contributed by atoms with E-state index in [1.54, 1.807) is 19.2 Å². The molecule has 1 atom stereocenters. The van der Waals surface area contributed by atoms with E-state index in [0.29, 0.717) is 10.9 Å². The monoisotopic (exact) mass is 328 g/mol. The summed E-state index contributed by atoms with van der Waals surface area (Å²) in [6, 6.07) is 7.75. The first-order valence-corrected chi connectivity index (χ1v) is 9.89. The summed E-state index contributed by atoms with van der Waals surface area (Å²) in [6.45, 7) is 4.54. The number of benzene rings is 1. The third kappa shape index (κ3) is 4.22. The molecule has 2 rings (SSSR count). The van der Waals surface area contributed by atoms with Crippen molar-refractivity contribution in [1.82, 2.24) is 9.62 Å². The summed E-state index contributed by atoms with van der Waals surface area (Å²) in [4.78, 5) is 0.360. The predicted octanol–water partition coefficient (Wildman–Crippen LogP) is 2.31. The first kappa shape index (κ1) is 16.8. The second kappa shape index (κ2) is 7.13. The van der Waals surface area contributed by atoms with Gasteiger partial charge in [-0.3, -0.25) is 0 Å². The summed E-state index contributed by atoms with van der Waals surface area (Å²) in [5.41, 5.74) is 1.12. The van der Waals surface area contributed by atoms with Crippen molar-refractivity contribution >= 4 is 21.8 Å². The van der Waals surface area contributed by atoms with Crippen LogP contribution < -0.4 is 5.32 Å². The average Bonchev–Trinajstić information content (AvgIpc) is 2.98. The van der Waals surface area contributed by atoms with Crippen LogP contribution in [-0.2, 0) is 16.6 Å². The molecule has 1 aliphatic heterocycles. The molecule has 0 spiro atoms. The van der Waals surface area contributed by atoms with Crippen LogP contribution in [0.1, 0.15) is 25.8 Å². The third-order valence-electron chi connectivity index (χ3n) is 3.85. The number of hydrogen-bond acceptors (Lipinski definition) is 4. The van der Waals surface area contributed by atoms with E-state index in [0.717, 1.165) is 12.1 Å². The number of hydrogen-bond donors (Lipinski definition) is 1. The van der Waals surface area contributed by atoms with Crippen molar-refractivity contribution in [3.05, 3.63) is 29.8 Å². The molecule has 118 valence electrons. The van der Waals surface area contributed by atoms with Crippen LogP contribution in [0.25, 0.3) is 0 Å². The Bertz CT molecular complexity index is 550. The number of nitrogens with zero attached hydrogens (tertiary/aromatic N) is 1. The first-order chi connectivity index (χ1) is 9.91. The molecule has 1 fully saturated rings. The van der Waals surface area contributed by atoms with Gasteiger partial charge in [-0.2, -0.15) is 16.1 Å². The Morgan fingerprint density at radius 2 is 2.00 bits per heavy atom. The fraction of sp³-hybridized carbons (Fsp3) is 0.600. The molecule has 0 aliphatic carbocycles. The second-order valence-electron chi connectivity index (χ2n) is 5.70. The molecule has 1 aliphatic rings. The molecule has 6 heteroatoms. The van der Waals surface area contributed by atoms with E-state index in [1.807, 2.05) is 37.7 Å². The molecule has 0 amide bonds. The molecule has 0 aromatic heterocycles. The minimum atomic E-state index is -3.38. The van der Waals surface area contributed by atoms with Gasteiger partial charge >= 0.3 is 0 Å². The lowest BCUT2D eigenvalue weighted by molar-refractivity contribution is 0.410. The summed E-state index contributed by atoms with van der Waals surface area (Å²) < 4.78 is 26.1. The molecule has 0 unspecified atom stereocenters. The van der Waals surface area contributed by atoms with E-state index < -0.39 is 10.0 Å². The quantitative estimate of drug-likeness (QED) is 0.870. The van der Waals surface area contributed by atoms with Gasteiger partial charge in [0, 0.05) is 31.4 Å². The van der Waals surface area contributed by atoms with Crippen LogP contribution in [0.3, 0.4) is 0 Å². The minimum absolute atomic E-state index is 0.0452. The highest BCUT2D eigenvalue weighted by Crippen LogP contribution is 2.19. The molecule has 0 bridgehead atoms. The summed E-state index contributed by atoms with van der Waals surface area (Å²) in [7, 11) is -1.76. The summed E-state index contributed by atoms with van der Waals surface area (Å²) in [5.74, 6) is 2.40. The maximum absolute atomic E-state index is 12.4. The lowest BCUT2D eigenvalue weighted by Gasteiger charge is -2.21. The van der Waals surface area contributed by atoms with Crippen LogP contribution >= 0.6 is 11.8 Å². The van der Waals surface area contributed by atoms with Crippen LogP contribution in [0.15, 0.2) is 29.2 Å². The van der Waals surface area contributed by atoms with Crippen molar-refractivity contribution in [3.8, 4) is 0 Å². The van der Waals surface area contributed by atoms with Gasteiger partial charge in [-0.25, -0.2) is 8.42 Å². The zero-order valence-corrected chi connectivity index (χ0v) is 14.5. The Morgan fingerprint density at radius 1 is 1.33 bits per heavy atom. The molecule has 4 nitrogen and oxygen atoms in total. The van der Waals surface area contributed by atoms with Gasteiger partial charge in [0.15, 0.2) is 0 Å². The Kier molecular flexibility index (Phi) is 5.71. The summed E-state index contributed by atoms with van der Waals surface area (Å²) in [6.07, 6.45) is 1.22. The number of sulfonamides is 1. The van der Waals surface area contributed by atoms with Gasteiger partial charge in [0.2, 0.25) is 10.0 Å². The summed E-state index contributed by atoms with van der Waals surface area (Å²) >= 11 is 1.98. The van der Waals surface area contributed by atoms with Crippen molar-refractivity contribution < 1.29 is 8.42 Å². The molecule has 1 aromatic rings. The van der Waals surface area contributed by atoms with Gasteiger partial charge in [0.1, 0.15) is 0 Å². The minimum Gasteiger partial charge on any atom is -0.309 e. The zero-order valence-electron chi connectivity index (χ0n) is 12.9. The molecule has 1 heterocycles. The predicted molar refractivity (Wildman–Crippen MR) is 89.1 cm³/mol. The molecule has 0 radical (unpaired) electrons. The third-order valence-corrected chi connectivity index (χ3v) is 7.06. The fourth-order valence-electron chi connectivity index (χ4n) is 2.18. The Hall–Kier alpha value is -0.560. The van der Waals surface area contributed by atoms with Gasteiger partial charge < -0.3 is 5.32 Å². The van der Waals surface area contributed by atoms with Crippen LogP contribution in [0.4, 0.5) is 0 Å². The van der Waals surface area contributed by atoms with E-state index in [-0.39, 0.29) is 6.04 Å². The fourth-order valence-corrected chi connectivity index (χ4v) is 4.74. The van der Waals surface area contributed by atoms with Gasteiger partial charge in [-0.15, -0.1) is 0 Å². The number of thioether (sulfide) groups is 1. The van der Waals surface area contributed by atoms with Gasteiger partial charge in [-0.1, -0.05) is 12.1 Å². The highest BCUT2D eigenvalue weighted by Gasteiger charge is 2.22. The lowest BCUT2D eigenvalue weighted by atomic mass is 10.2. The topological polar surface area (TPSA) is 49.4 Å². The van der Waals surface area contributed by atoms with Crippen LogP contribution in [0.5, 0.6) is 0 Å². The van der Waals surface area contributed by atoms with Crippen LogP contribution in [0, 0.1) is 0 Å². The first-order valence-electron chi connectivity index (χ1n) is 7.29. The number of rotatable bonds is 6. The lowest BCUT2D eigenvalue weighted by Crippen LogP contribution is -2.33. The second-order valence-corrected chi connectivity index (χ2v) is 8.85. The smallest absolute Gasteiger partial charge is 0.243 e. The van der Waals surface area contributed by atoms with Gasteiger partial charge in [0.25, 0.3) is 0 Å². The highest BCUT2D eigenvalue weighted by molar-refractivity contribution is 7.99. The van der Waals surface area contributed by atoms with E-state index in [1.165, 1.54) is 22.2 Å². The molecule has 1 N–H and O–H groups in total. The highest BCUT2D eigenvalue weighted by atomic mass is 32.2. The van der Waals surface area contributed by atoms with E-state index >= 15 is 0 Å². The Balaban J connectivity index is 2.01. The van der Waals surface area contributed by atoms with Crippen LogP contribution in [0.2, 0.25) is 0 Å². The van der Waals surface area contributed by atoms with Crippen molar-refractivity contribution in [1.29, 1.82) is 0 Å². The molecule has 21 heavy (non-hydrogen) atoms. The molecule has 0 saturated carbocycles. The van der Waals surface area contributed by atoms with Gasteiger partial charge in [-0.05, 0) is 43.7 Å². The maximum Gasteiger partial charge on any atom is 0.243 e. The zero-order chi connectivity index (χ0) is 15.5. The van der Waals surface area contributed by atoms with Crippen molar-refractivity contribution in [2.24, 2.45) is 0 Å².